The molecule has 0 fully saturated rings. The molecule has 1 radical (unpaired) electrons. The number of nitrogens with zero attached hydrogens (tertiary/aromatic N) is 1. The van der Waals surface area contributed by atoms with Gasteiger partial charge in [-0.15, -0.1) is 0 Å². The summed E-state index contributed by atoms with van der Waals surface area (Å²) < 4.78 is 0. The molecular weight excluding hydrogens is 342 g/mol. The van der Waals surface area contributed by atoms with Crippen molar-refractivity contribution in [3.63, 3.8) is 0 Å². The normalized spacial score (nSPS) is 7.92. The van der Waals surface area contributed by atoms with Gasteiger partial charge >= 0.3 is 0 Å². The number of ketones is 1. The van der Waals surface area contributed by atoms with Crippen molar-refractivity contribution in [1.82, 2.24) is 0 Å². The molecule has 57 valence electrons. The Bertz CT molecular complexity index is 289. The molecule has 2 nitrogen and oxygen atoms in total. The summed E-state index contributed by atoms with van der Waals surface area (Å²) in [5.41, 5.74) is 0.606. The van der Waals surface area contributed by atoms with Gasteiger partial charge < -0.3 is 0 Å². The molecule has 1 aromatic rings. The second-order valence-corrected chi connectivity index (χ2v) is 2.12. The molecule has 0 bridgehead atoms. The first-order chi connectivity index (χ1) is 5.34. The Morgan fingerprint density at radius 1 is 1.33 bits per heavy atom. The van der Waals surface area contributed by atoms with Gasteiger partial charge in [-0.25, -0.2) is 0 Å². The molecule has 0 atom stereocenters. The summed E-state index contributed by atoms with van der Waals surface area (Å²) in [6.07, 6.45) is -0.0377. The second-order valence-electron chi connectivity index (χ2n) is 2.12. The SMILES string of the molecule is N#CCC(=O)c1ccccc1.[Tl]. The van der Waals surface area contributed by atoms with Crippen molar-refractivity contribution in [3.8, 4) is 6.07 Å². The molecule has 0 heterocycles. The molecule has 0 unspecified atom stereocenters. The monoisotopic (exact) mass is 350 g/mol. The van der Waals surface area contributed by atoms with Crippen LogP contribution in [0.1, 0.15) is 16.8 Å². The quantitative estimate of drug-likeness (QED) is 0.598. The van der Waals surface area contributed by atoms with Crippen molar-refractivity contribution in [2.24, 2.45) is 0 Å². The number of carbonyl (C=O) groups is 1. The Balaban J connectivity index is 0.00000121. The zero-order valence-corrected chi connectivity index (χ0v) is 11.0. The first-order valence-electron chi connectivity index (χ1n) is 3.30. The van der Waals surface area contributed by atoms with Crippen molar-refractivity contribution in [1.29, 1.82) is 5.26 Å². The molecule has 0 aliphatic heterocycles. The zero-order chi connectivity index (χ0) is 8.10. The maximum absolute atomic E-state index is 11.0. The number of nitriles is 1. The van der Waals surface area contributed by atoms with E-state index in [9.17, 15) is 4.79 Å². The van der Waals surface area contributed by atoms with Crippen molar-refractivity contribution in [3.05, 3.63) is 35.9 Å². The van der Waals surface area contributed by atoms with Gasteiger partial charge in [-0.05, 0) is 0 Å². The number of hydrogen-bond donors (Lipinski definition) is 0. The molecule has 0 saturated carbocycles. The van der Waals surface area contributed by atoms with E-state index in [2.05, 4.69) is 0 Å². The standard InChI is InChI=1S/C9H7NO.Tl/c10-7-6-9(11)8-4-2-1-3-5-8;/h1-5H,6H2;. The van der Waals surface area contributed by atoms with Crippen LogP contribution in [0.3, 0.4) is 0 Å². The molecule has 1 aromatic carbocycles. The van der Waals surface area contributed by atoms with Gasteiger partial charge in [0, 0.05) is 32.9 Å². The summed E-state index contributed by atoms with van der Waals surface area (Å²) >= 11 is 0. The van der Waals surface area contributed by atoms with Gasteiger partial charge in [0.15, 0.2) is 5.78 Å². The summed E-state index contributed by atoms with van der Waals surface area (Å²) in [6.45, 7) is 0. The van der Waals surface area contributed by atoms with Crippen molar-refractivity contribution >= 4 is 33.1 Å². The number of carbonyl (C=O) groups excluding carboxylic acids is 1. The third-order valence-electron chi connectivity index (χ3n) is 1.34. The number of Topliss-reactive ketones (excluding diaryl/α,β-unsaturated/α-hetero) is 1. The maximum atomic E-state index is 11.0. The first kappa shape index (κ1) is 11.3. The predicted molar refractivity (Wildman–Crippen MR) is 46.8 cm³/mol. The van der Waals surface area contributed by atoms with Crippen LogP contribution in [0.2, 0.25) is 0 Å². The second kappa shape index (κ2) is 5.89. The van der Waals surface area contributed by atoms with Gasteiger partial charge in [-0.2, -0.15) is 5.26 Å². The summed E-state index contributed by atoms with van der Waals surface area (Å²) in [6, 6.07) is 10.6. The Kier molecular flexibility index (Phi) is 5.55. The van der Waals surface area contributed by atoms with E-state index >= 15 is 0 Å². The molecule has 0 saturated heterocycles. The number of hydrogen-bond acceptors (Lipinski definition) is 2. The van der Waals surface area contributed by atoms with Crippen LogP contribution in [0.4, 0.5) is 0 Å². The third kappa shape index (κ3) is 3.13. The van der Waals surface area contributed by atoms with Gasteiger partial charge in [-0.1, -0.05) is 30.3 Å². The molecule has 0 aromatic heterocycles. The summed E-state index contributed by atoms with van der Waals surface area (Å²) in [5.74, 6) is -0.117. The van der Waals surface area contributed by atoms with Gasteiger partial charge in [0.05, 0.1) is 12.5 Å². The van der Waals surface area contributed by atoms with E-state index in [0.29, 0.717) is 5.56 Å². The van der Waals surface area contributed by atoms with Gasteiger partial charge in [-0.3, -0.25) is 4.79 Å². The fraction of sp³-hybridized carbons (Fsp3) is 0.111. The van der Waals surface area contributed by atoms with E-state index in [4.69, 9.17) is 5.26 Å². The Labute approximate surface area is 91.4 Å². The maximum Gasteiger partial charge on any atom is 0.176 e. The smallest absolute Gasteiger partial charge is 0.176 e. The minimum atomic E-state index is -0.117. The van der Waals surface area contributed by atoms with E-state index in [1.807, 2.05) is 12.1 Å². The molecule has 1 rings (SSSR count). The molecule has 0 spiro atoms. The van der Waals surface area contributed by atoms with Crippen LogP contribution in [0.25, 0.3) is 0 Å². The number of rotatable bonds is 2. The fourth-order valence-corrected chi connectivity index (χ4v) is 0.798. The van der Waals surface area contributed by atoms with Gasteiger partial charge in [0.1, 0.15) is 0 Å². The zero-order valence-electron chi connectivity index (χ0n) is 6.53. The summed E-state index contributed by atoms with van der Waals surface area (Å²) in [5, 5.41) is 8.23. The van der Waals surface area contributed by atoms with Crippen LogP contribution in [-0.2, 0) is 0 Å². The van der Waals surface area contributed by atoms with Crippen molar-refractivity contribution in [2.75, 3.05) is 0 Å². The molecule has 0 amide bonds. The largest absolute Gasteiger partial charge is 0.293 e. The average Bonchev–Trinajstić information content (AvgIpc) is 2.07. The van der Waals surface area contributed by atoms with E-state index in [-0.39, 0.29) is 39.5 Å². The minimum Gasteiger partial charge on any atom is -0.293 e. The Morgan fingerprint density at radius 3 is 2.42 bits per heavy atom. The molecule has 0 aliphatic carbocycles. The molecule has 3 heteroatoms. The van der Waals surface area contributed by atoms with Crippen LogP contribution in [0.5, 0.6) is 0 Å². The van der Waals surface area contributed by atoms with Gasteiger partial charge in [0.2, 0.25) is 0 Å². The third-order valence-corrected chi connectivity index (χ3v) is 1.34. The topological polar surface area (TPSA) is 40.9 Å². The number of benzene rings is 1. The van der Waals surface area contributed by atoms with Crippen LogP contribution >= 0.6 is 0 Å². The average molecular weight is 350 g/mol. The summed E-state index contributed by atoms with van der Waals surface area (Å²) in [7, 11) is 0. The molecule has 12 heavy (non-hydrogen) atoms. The van der Waals surface area contributed by atoms with Crippen LogP contribution in [-0.4, -0.2) is 33.1 Å². The van der Waals surface area contributed by atoms with Crippen LogP contribution in [0, 0.1) is 11.3 Å². The molecule has 0 N–H and O–H groups in total. The first-order valence-corrected chi connectivity index (χ1v) is 3.30. The Hall–Kier alpha value is -0.698. The van der Waals surface area contributed by atoms with E-state index in [0.717, 1.165) is 0 Å². The van der Waals surface area contributed by atoms with E-state index in [1.165, 1.54) is 0 Å². The van der Waals surface area contributed by atoms with Crippen molar-refractivity contribution < 1.29 is 4.79 Å². The van der Waals surface area contributed by atoms with E-state index in [1.54, 1.807) is 24.3 Å². The van der Waals surface area contributed by atoms with Crippen LogP contribution in [0.15, 0.2) is 30.3 Å². The fourth-order valence-electron chi connectivity index (χ4n) is 0.798. The summed E-state index contributed by atoms with van der Waals surface area (Å²) in [4.78, 5) is 11.0. The molecular formula is C9H7NOTl. The van der Waals surface area contributed by atoms with Crippen LogP contribution < -0.4 is 0 Å². The molecule has 0 aliphatic rings. The Morgan fingerprint density at radius 2 is 1.92 bits per heavy atom. The van der Waals surface area contributed by atoms with E-state index < -0.39 is 0 Å². The minimum absolute atomic E-state index is 0. The van der Waals surface area contributed by atoms with Gasteiger partial charge in [0.25, 0.3) is 0 Å². The van der Waals surface area contributed by atoms with Crippen molar-refractivity contribution in [2.45, 2.75) is 6.42 Å². The predicted octanol–water partition coefficient (Wildman–Crippen LogP) is 1.40.